The van der Waals surface area contributed by atoms with E-state index in [1.54, 1.807) is 18.4 Å². The van der Waals surface area contributed by atoms with Crippen LogP contribution in [0.3, 0.4) is 0 Å². The standard InChI is InChI=1S/C12H14N2O2/c13-10-7-8(3-4-15)6-9(12(10)14)11-2-1-5-16-11/h1-2,5-7,15H,3-4,13-14H2. The Bertz CT molecular complexity index is 478. The second-order valence-electron chi connectivity index (χ2n) is 3.60. The lowest BCUT2D eigenvalue weighted by Crippen LogP contribution is -2.00. The molecule has 0 bridgehead atoms. The molecule has 1 aromatic heterocycles. The van der Waals surface area contributed by atoms with Crippen molar-refractivity contribution in [2.24, 2.45) is 0 Å². The SMILES string of the molecule is Nc1cc(CCO)cc(-c2ccco2)c1N. The minimum absolute atomic E-state index is 0.0843. The largest absolute Gasteiger partial charge is 0.464 e. The Hall–Kier alpha value is -1.94. The summed E-state index contributed by atoms with van der Waals surface area (Å²) in [6.07, 6.45) is 2.14. The molecule has 0 aliphatic rings. The van der Waals surface area contributed by atoms with Gasteiger partial charge in [0, 0.05) is 12.2 Å². The third kappa shape index (κ3) is 1.87. The van der Waals surface area contributed by atoms with Gasteiger partial charge in [0.2, 0.25) is 0 Å². The van der Waals surface area contributed by atoms with Crippen LogP contribution in [0.5, 0.6) is 0 Å². The van der Waals surface area contributed by atoms with Crippen LogP contribution in [-0.4, -0.2) is 11.7 Å². The van der Waals surface area contributed by atoms with Crippen LogP contribution >= 0.6 is 0 Å². The lowest BCUT2D eigenvalue weighted by atomic mass is 10.0. The van der Waals surface area contributed by atoms with Crippen LogP contribution in [0.4, 0.5) is 11.4 Å². The monoisotopic (exact) mass is 218 g/mol. The Morgan fingerprint density at radius 3 is 2.69 bits per heavy atom. The summed E-state index contributed by atoms with van der Waals surface area (Å²) in [5.41, 5.74) is 14.4. The summed E-state index contributed by atoms with van der Waals surface area (Å²) in [7, 11) is 0. The summed E-state index contributed by atoms with van der Waals surface area (Å²) in [6.45, 7) is 0.0843. The van der Waals surface area contributed by atoms with E-state index in [1.165, 1.54) is 0 Å². The van der Waals surface area contributed by atoms with Gasteiger partial charge >= 0.3 is 0 Å². The number of hydrogen-bond acceptors (Lipinski definition) is 4. The van der Waals surface area contributed by atoms with E-state index in [4.69, 9.17) is 21.0 Å². The van der Waals surface area contributed by atoms with Gasteiger partial charge in [-0.3, -0.25) is 0 Å². The molecule has 0 spiro atoms. The minimum atomic E-state index is 0.0843. The maximum Gasteiger partial charge on any atom is 0.136 e. The molecule has 2 rings (SSSR count). The number of nitrogens with two attached hydrogens (primary N) is 2. The molecule has 16 heavy (non-hydrogen) atoms. The van der Waals surface area contributed by atoms with Crippen LogP contribution in [0.25, 0.3) is 11.3 Å². The molecule has 84 valence electrons. The molecule has 0 atom stereocenters. The number of anilines is 2. The van der Waals surface area contributed by atoms with Crippen LogP contribution in [0.15, 0.2) is 34.9 Å². The van der Waals surface area contributed by atoms with Gasteiger partial charge in [-0.15, -0.1) is 0 Å². The predicted molar refractivity (Wildman–Crippen MR) is 63.8 cm³/mol. The second kappa shape index (κ2) is 4.28. The van der Waals surface area contributed by atoms with Crippen molar-refractivity contribution in [3.8, 4) is 11.3 Å². The summed E-state index contributed by atoms with van der Waals surface area (Å²) >= 11 is 0. The highest BCUT2D eigenvalue weighted by atomic mass is 16.3. The van der Waals surface area contributed by atoms with E-state index < -0.39 is 0 Å². The Labute approximate surface area is 93.5 Å². The smallest absolute Gasteiger partial charge is 0.136 e. The molecular weight excluding hydrogens is 204 g/mol. The highest BCUT2D eigenvalue weighted by Crippen LogP contribution is 2.32. The molecule has 0 saturated carbocycles. The van der Waals surface area contributed by atoms with Gasteiger partial charge in [0.1, 0.15) is 5.76 Å². The van der Waals surface area contributed by atoms with E-state index >= 15 is 0 Å². The summed E-state index contributed by atoms with van der Waals surface area (Å²) in [4.78, 5) is 0. The van der Waals surface area contributed by atoms with Crippen molar-refractivity contribution >= 4 is 11.4 Å². The molecule has 0 aliphatic heterocycles. The molecule has 0 saturated heterocycles. The second-order valence-corrected chi connectivity index (χ2v) is 3.60. The summed E-state index contributed by atoms with van der Waals surface area (Å²) < 4.78 is 5.29. The molecule has 0 amide bonds. The Kier molecular flexibility index (Phi) is 2.83. The summed E-state index contributed by atoms with van der Waals surface area (Å²) in [5.74, 6) is 0.684. The molecule has 0 unspecified atom stereocenters. The van der Waals surface area contributed by atoms with Crippen molar-refractivity contribution in [3.63, 3.8) is 0 Å². The zero-order chi connectivity index (χ0) is 11.5. The van der Waals surface area contributed by atoms with Gasteiger partial charge in [0.15, 0.2) is 0 Å². The highest BCUT2D eigenvalue weighted by molar-refractivity contribution is 5.83. The van der Waals surface area contributed by atoms with Gasteiger partial charge in [-0.2, -0.15) is 0 Å². The van der Waals surface area contributed by atoms with Crippen molar-refractivity contribution in [1.82, 2.24) is 0 Å². The van der Waals surface area contributed by atoms with Gasteiger partial charge in [-0.05, 0) is 36.2 Å². The molecule has 4 heteroatoms. The van der Waals surface area contributed by atoms with E-state index in [-0.39, 0.29) is 6.61 Å². The highest BCUT2D eigenvalue weighted by Gasteiger charge is 2.10. The predicted octanol–water partition coefficient (Wildman–Crippen LogP) is 1.65. The Balaban J connectivity index is 2.51. The first-order chi connectivity index (χ1) is 7.72. The quantitative estimate of drug-likeness (QED) is 0.684. The normalized spacial score (nSPS) is 10.6. The van der Waals surface area contributed by atoms with E-state index in [2.05, 4.69) is 0 Å². The van der Waals surface area contributed by atoms with Crippen molar-refractivity contribution in [2.75, 3.05) is 18.1 Å². The van der Waals surface area contributed by atoms with E-state index in [1.807, 2.05) is 12.1 Å². The third-order valence-corrected chi connectivity index (χ3v) is 2.46. The molecule has 1 heterocycles. The van der Waals surface area contributed by atoms with Crippen molar-refractivity contribution in [3.05, 3.63) is 36.1 Å². The van der Waals surface area contributed by atoms with Gasteiger partial charge in [-0.1, -0.05) is 0 Å². The Morgan fingerprint density at radius 1 is 1.25 bits per heavy atom. The van der Waals surface area contributed by atoms with E-state index in [0.717, 1.165) is 11.1 Å². The van der Waals surface area contributed by atoms with Crippen LogP contribution in [-0.2, 0) is 6.42 Å². The molecule has 0 aliphatic carbocycles. The van der Waals surface area contributed by atoms with Crippen LogP contribution in [0.1, 0.15) is 5.56 Å². The fourth-order valence-electron chi connectivity index (χ4n) is 1.65. The number of aliphatic hydroxyl groups is 1. The van der Waals surface area contributed by atoms with Crippen molar-refractivity contribution in [1.29, 1.82) is 0 Å². The topological polar surface area (TPSA) is 85.4 Å². The first kappa shape index (κ1) is 10.6. The lowest BCUT2D eigenvalue weighted by Gasteiger charge is -2.09. The number of furan rings is 1. The van der Waals surface area contributed by atoms with E-state index in [9.17, 15) is 0 Å². The first-order valence-electron chi connectivity index (χ1n) is 5.05. The molecular formula is C12H14N2O2. The first-order valence-corrected chi connectivity index (χ1v) is 5.05. The van der Waals surface area contributed by atoms with Crippen molar-refractivity contribution in [2.45, 2.75) is 6.42 Å². The average Bonchev–Trinajstić information content (AvgIpc) is 2.76. The van der Waals surface area contributed by atoms with Gasteiger partial charge in [0.05, 0.1) is 17.6 Å². The molecule has 5 N–H and O–H groups in total. The van der Waals surface area contributed by atoms with Crippen LogP contribution in [0.2, 0.25) is 0 Å². The molecule has 0 radical (unpaired) electrons. The minimum Gasteiger partial charge on any atom is -0.464 e. The maximum absolute atomic E-state index is 8.91. The van der Waals surface area contributed by atoms with Gasteiger partial charge in [0.25, 0.3) is 0 Å². The van der Waals surface area contributed by atoms with Gasteiger partial charge < -0.3 is 21.0 Å². The number of aliphatic hydroxyl groups excluding tert-OH is 1. The fraction of sp³-hybridized carbons (Fsp3) is 0.167. The molecule has 4 nitrogen and oxygen atoms in total. The summed E-state index contributed by atoms with van der Waals surface area (Å²) in [6, 6.07) is 7.29. The molecule has 1 aromatic carbocycles. The number of hydrogen-bond donors (Lipinski definition) is 3. The molecule has 2 aromatic rings. The molecule has 0 fully saturated rings. The number of nitrogen functional groups attached to an aromatic ring is 2. The third-order valence-electron chi connectivity index (χ3n) is 2.46. The zero-order valence-corrected chi connectivity index (χ0v) is 8.81. The van der Waals surface area contributed by atoms with Crippen LogP contribution < -0.4 is 11.5 Å². The lowest BCUT2D eigenvalue weighted by molar-refractivity contribution is 0.299. The van der Waals surface area contributed by atoms with Crippen LogP contribution in [0, 0.1) is 0 Å². The zero-order valence-electron chi connectivity index (χ0n) is 8.81. The summed E-state index contributed by atoms with van der Waals surface area (Å²) in [5, 5.41) is 8.91. The maximum atomic E-state index is 8.91. The van der Waals surface area contributed by atoms with Gasteiger partial charge in [-0.25, -0.2) is 0 Å². The van der Waals surface area contributed by atoms with Crippen molar-refractivity contribution < 1.29 is 9.52 Å². The number of rotatable bonds is 3. The Morgan fingerprint density at radius 2 is 2.06 bits per heavy atom. The average molecular weight is 218 g/mol. The number of benzene rings is 1. The van der Waals surface area contributed by atoms with E-state index in [0.29, 0.717) is 23.6 Å². The fourth-order valence-corrected chi connectivity index (χ4v) is 1.65.